The summed E-state index contributed by atoms with van der Waals surface area (Å²) in [5.74, 6) is 1.68. The van der Waals surface area contributed by atoms with Gasteiger partial charge in [0.2, 0.25) is 0 Å². The summed E-state index contributed by atoms with van der Waals surface area (Å²) in [7, 11) is 0. The second-order valence-electron chi connectivity index (χ2n) is 10.2. The molecule has 6 atom stereocenters. The lowest BCUT2D eigenvalue weighted by Crippen LogP contribution is -2.57. The van der Waals surface area contributed by atoms with Crippen LogP contribution in [0.4, 0.5) is 0 Å². The maximum atomic E-state index is 12.7. The van der Waals surface area contributed by atoms with Gasteiger partial charge in [0, 0.05) is 18.3 Å². The largest absolute Gasteiger partial charge is 0.381 e. The molecule has 28 heavy (non-hydrogen) atoms. The zero-order chi connectivity index (χ0) is 19.7. The summed E-state index contributed by atoms with van der Waals surface area (Å²) < 4.78 is 0. The fourth-order valence-corrected chi connectivity index (χ4v) is 7.47. The highest BCUT2D eigenvalue weighted by Gasteiger charge is 2.63. The lowest BCUT2D eigenvalue weighted by atomic mass is 9.44. The number of benzene rings is 1. The van der Waals surface area contributed by atoms with Gasteiger partial charge in [0.25, 0.3) is 0 Å². The first-order valence-corrected chi connectivity index (χ1v) is 10.9. The van der Waals surface area contributed by atoms with Crippen molar-refractivity contribution in [3.63, 3.8) is 0 Å². The zero-order valence-corrected chi connectivity index (χ0v) is 16.9. The van der Waals surface area contributed by atoms with Crippen LogP contribution in [0.5, 0.6) is 0 Å². The van der Waals surface area contributed by atoms with Gasteiger partial charge in [-0.05, 0) is 72.5 Å². The first kappa shape index (κ1) is 18.3. The van der Waals surface area contributed by atoms with Crippen molar-refractivity contribution in [1.82, 2.24) is 0 Å². The van der Waals surface area contributed by atoms with E-state index < -0.39 is 5.60 Å². The van der Waals surface area contributed by atoms with Gasteiger partial charge in [0.15, 0.2) is 5.78 Å². The van der Waals surface area contributed by atoms with E-state index in [1.165, 1.54) is 0 Å². The number of rotatable bonds is 1. The van der Waals surface area contributed by atoms with Crippen molar-refractivity contribution < 1.29 is 14.7 Å². The van der Waals surface area contributed by atoms with Crippen molar-refractivity contribution in [2.75, 3.05) is 0 Å². The molecule has 1 N–H and O–H groups in total. The van der Waals surface area contributed by atoms with Crippen LogP contribution in [0.3, 0.4) is 0 Å². The molecule has 3 nitrogen and oxygen atoms in total. The number of hydrogen-bond donors (Lipinski definition) is 1. The van der Waals surface area contributed by atoms with Gasteiger partial charge in [0.05, 0.1) is 0 Å². The van der Waals surface area contributed by atoms with E-state index in [4.69, 9.17) is 0 Å². The van der Waals surface area contributed by atoms with E-state index in [9.17, 15) is 14.7 Å². The van der Waals surface area contributed by atoms with E-state index in [-0.39, 0.29) is 16.6 Å². The Morgan fingerprint density at radius 2 is 1.64 bits per heavy atom. The summed E-state index contributed by atoms with van der Waals surface area (Å²) in [6, 6.07) is 9.87. The van der Waals surface area contributed by atoms with Gasteiger partial charge in [-0.3, -0.25) is 9.59 Å². The maximum absolute atomic E-state index is 12.7. The third kappa shape index (κ3) is 2.26. The van der Waals surface area contributed by atoms with Crippen molar-refractivity contribution in [2.24, 2.45) is 28.6 Å². The van der Waals surface area contributed by atoms with E-state index in [2.05, 4.69) is 13.8 Å². The lowest BCUT2D eigenvalue weighted by Gasteiger charge is -2.61. The van der Waals surface area contributed by atoms with Crippen molar-refractivity contribution in [3.8, 4) is 0 Å². The lowest BCUT2D eigenvalue weighted by molar-refractivity contribution is -0.140. The smallest absolute Gasteiger partial charge is 0.155 e. The van der Waals surface area contributed by atoms with E-state index in [0.717, 1.165) is 36.8 Å². The Morgan fingerprint density at radius 3 is 2.39 bits per heavy atom. The van der Waals surface area contributed by atoms with Gasteiger partial charge in [-0.25, -0.2) is 0 Å². The molecule has 4 aliphatic carbocycles. The molecule has 5 rings (SSSR count). The Labute approximate surface area is 167 Å². The normalized spacial score (nSPS) is 45.1. The fourth-order valence-electron chi connectivity index (χ4n) is 7.47. The summed E-state index contributed by atoms with van der Waals surface area (Å²) in [6.07, 6.45) is 7.39. The third-order valence-electron chi connectivity index (χ3n) is 9.00. The number of Topliss-reactive ketones (excluding diaryl/α,β-unsaturated/α-hetero) is 1. The van der Waals surface area contributed by atoms with Crippen molar-refractivity contribution in [1.29, 1.82) is 0 Å². The summed E-state index contributed by atoms with van der Waals surface area (Å²) in [5, 5.41) is 12.1. The number of carbonyl (C=O) groups is 2. The summed E-state index contributed by atoms with van der Waals surface area (Å²) in [4.78, 5) is 25.1. The molecular formula is C25H30O3. The highest BCUT2D eigenvalue weighted by atomic mass is 16.3. The molecule has 0 heterocycles. The quantitative estimate of drug-likeness (QED) is 0.778. The summed E-state index contributed by atoms with van der Waals surface area (Å²) in [6.45, 7) is 4.44. The highest BCUT2D eigenvalue weighted by Crippen LogP contribution is 2.67. The number of hydrogen-bond acceptors (Lipinski definition) is 3. The molecular weight excluding hydrogens is 348 g/mol. The zero-order valence-electron chi connectivity index (χ0n) is 16.9. The van der Waals surface area contributed by atoms with E-state index in [1.54, 1.807) is 6.08 Å². The molecule has 0 aromatic heterocycles. The minimum atomic E-state index is -1.11. The Bertz CT molecular complexity index is 871. The fraction of sp³-hybridized carbons (Fsp3) is 0.600. The van der Waals surface area contributed by atoms with Gasteiger partial charge >= 0.3 is 0 Å². The molecule has 4 aliphatic rings. The van der Waals surface area contributed by atoms with Crippen molar-refractivity contribution in [2.45, 2.75) is 64.4 Å². The Hall–Kier alpha value is -1.74. The average molecular weight is 379 g/mol. The average Bonchev–Trinajstić information content (AvgIpc) is 2.99. The van der Waals surface area contributed by atoms with Crippen molar-refractivity contribution >= 4 is 11.6 Å². The predicted molar refractivity (Wildman–Crippen MR) is 107 cm³/mol. The monoisotopic (exact) mass is 378 g/mol. The number of carbonyl (C=O) groups excluding carboxylic acids is 2. The highest BCUT2D eigenvalue weighted by molar-refractivity contribution is 5.92. The molecule has 0 amide bonds. The molecule has 1 aromatic rings. The van der Waals surface area contributed by atoms with Crippen LogP contribution in [-0.2, 0) is 15.2 Å². The molecule has 0 unspecified atom stereocenters. The van der Waals surface area contributed by atoms with E-state index in [1.807, 2.05) is 30.3 Å². The standard InChI is InChI=1S/C25H30O3/c1-23-12-10-17(26)14-21(23)25(28,16-6-4-3-5-7-16)15-18-19-8-9-22(27)24(19,2)13-11-20(18)23/h3-7,14,18-20,28H,8-13,15H2,1-2H3/t18-,19-,20-,23+,24-,25+/m0/s1. The third-order valence-corrected chi connectivity index (χ3v) is 9.00. The van der Waals surface area contributed by atoms with Crippen LogP contribution in [0.2, 0.25) is 0 Å². The SMILES string of the molecule is C[C@]12CCC(=O)C=C1[C@](O)(c1ccccc1)C[C@@H]1[C@@H]2CC[C@]2(C)C(=O)CC[C@@H]12. The minimum Gasteiger partial charge on any atom is -0.381 e. The molecule has 0 saturated heterocycles. The van der Waals surface area contributed by atoms with Crippen LogP contribution in [0.25, 0.3) is 0 Å². The minimum absolute atomic E-state index is 0.136. The first-order valence-electron chi connectivity index (χ1n) is 10.9. The van der Waals surface area contributed by atoms with Gasteiger partial charge < -0.3 is 5.11 Å². The summed E-state index contributed by atoms with van der Waals surface area (Å²) >= 11 is 0. The van der Waals surface area contributed by atoms with Crippen molar-refractivity contribution in [3.05, 3.63) is 47.5 Å². The predicted octanol–water partition coefficient (Wildman–Crippen LogP) is 4.59. The van der Waals surface area contributed by atoms with Gasteiger partial charge in [-0.1, -0.05) is 44.2 Å². The first-order chi connectivity index (χ1) is 13.3. The van der Waals surface area contributed by atoms with E-state index >= 15 is 0 Å². The van der Waals surface area contributed by atoms with Crippen LogP contribution >= 0.6 is 0 Å². The Kier molecular flexibility index (Phi) is 3.85. The molecule has 0 aliphatic heterocycles. The van der Waals surface area contributed by atoms with Crippen LogP contribution in [0.1, 0.15) is 64.4 Å². The van der Waals surface area contributed by atoms with Gasteiger partial charge in [0.1, 0.15) is 11.4 Å². The molecule has 0 bridgehead atoms. The molecule has 0 radical (unpaired) electrons. The molecule has 3 saturated carbocycles. The summed E-state index contributed by atoms with van der Waals surface area (Å²) in [5.41, 5.74) is 0.306. The molecule has 1 aromatic carbocycles. The van der Waals surface area contributed by atoms with Crippen LogP contribution in [-0.4, -0.2) is 16.7 Å². The van der Waals surface area contributed by atoms with Crippen LogP contribution in [0, 0.1) is 28.6 Å². The van der Waals surface area contributed by atoms with Crippen LogP contribution < -0.4 is 0 Å². The molecule has 148 valence electrons. The Morgan fingerprint density at radius 1 is 0.929 bits per heavy atom. The van der Waals surface area contributed by atoms with Crippen LogP contribution in [0.15, 0.2) is 42.0 Å². The van der Waals surface area contributed by atoms with E-state index in [0.29, 0.717) is 42.8 Å². The second kappa shape index (κ2) is 5.89. The molecule has 0 spiro atoms. The Balaban J connectivity index is 1.67. The van der Waals surface area contributed by atoms with Gasteiger partial charge in [-0.15, -0.1) is 0 Å². The topological polar surface area (TPSA) is 54.4 Å². The molecule has 3 heteroatoms. The molecule has 3 fully saturated rings. The second-order valence-corrected chi connectivity index (χ2v) is 10.2. The number of fused-ring (bicyclic) bond motifs is 5. The number of ketones is 2. The number of aliphatic hydroxyl groups is 1. The van der Waals surface area contributed by atoms with Gasteiger partial charge in [-0.2, -0.15) is 0 Å². The maximum Gasteiger partial charge on any atom is 0.155 e.